The molecule has 0 radical (unpaired) electrons. The Labute approximate surface area is 111 Å². The molecule has 19 heavy (non-hydrogen) atoms. The SMILES string of the molecule is CC(NC(=O)NCC(=O)NC1CC1)(C(=O)O)C1CC1. The van der Waals surface area contributed by atoms with E-state index in [1.54, 1.807) is 0 Å². The molecule has 0 aromatic rings. The van der Waals surface area contributed by atoms with E-state index in [0.717, 1.165) is 25.7 Å². The summed E-state index contributed by atoms with van der Waals surface area (Å²) in [4.78, 5) is 34.2. The Bertz CT molecular complexity index is 404. The topological polar surface area (TPSA) is 108 Å². The number of carboxylic acid groups (broad SMARTS) is 1. The summed E-state index contributed by atoms with van der Waals surface area (Å²) in [5.41, 5.74) is -1.25. The second-order valence-electron chi connectivity index (χ2n) is 5.43. The summed E-state index contributed by atoms with van der Waals surface area (Å²) in [6.45, 7) is 1.36. The molecular formula is C12H19N3O4. The molecule has 0 heterocycles. The number of carbonyl (C=O) groups excluding carboxylic acids is 2. The molecule has 0 aliphatic heterocycles. The Morgan fingerprint density at radius 1 is 1.21 bits per heavy atom. The highest BCUT2D eigenvalue weighted by atomic mass is 16.4. The predicted octanol–water partition coefficient (Wildman–Crippen LogP) is -0.182. The first-order valence-electron chi connectivity index (χ1n) is 6.50. The molecule has 2 aliphatic carbocycles. The van der Waals surface area contributed by atoms with Crippen LogP contribution < -0.4 is 16.0 Å². The smallest absolute Gasteiger partial charge is 0.329 e. The molecule has 0 bridgehead atoms. The summed E-state index contributed by atoms with van der Waals surface area (Å²) in [5.74, 6) is -1.33. The first-order chi connectivity index (χ1) is 8.91. The lowest BCUT2D eigenvalue weighted by Gasteiger charge is -2.26. The lowest BCUT2D eigenvalue weighted by atomic mass is 9.96. The Morgan fingerprint density at radius 2 is 1.84 bits per heavy atom. The van der Waals surface area contributed by atoms with Gasteiger partial charge in [-0.15, -0.1) is 0 Å². The standard InChI is InChI=1S/C12H19N3O4/c1-12(10(17)18,7-2-3-7)15-11(19)13-6-9(16)14-8-4-5-8/h7-8H,2-6H2,1H3,(H,14,16)(H,17,18)(H2,13,15,19). The third-order valence-corrected chi connectivity index (χ3v) is 3.56. The largest absolute Gasteiger partial charge is 0.480 e. The number of carbonyl (C=O) groups is 3. The van der Waals surface area contributed by atoms with Crippen LogP contribution >= 0.6 is 0 Å². The molecule has 2 rings (SSSR count). The van der Waals surface area contributed by atoms with Crippen molar-refractivity contribution in [1.29, 1.82) is 0 Å². The summed E-state index contributed by atoms with van der Waals surface area (Å²) in [6.07, 6.45) is 3.56. The lowest BCUT2D eigenvalue weighted by molar-refractivity contribution is -0.144. The second kappa shape index (κ2) is 5.07. The average molecular weight is 269 g/mol. The van der Waals surface area contributed by atoms with Gasteiger partial charge in [-0.25, -0.2) is 9.59 Å². The molecule has 0 aromatic carbocycles. The Morgan fingerprint density at radius 3 is 2.32 bits per heavy atom. The molecule has 7 nitrogen and oxygen atoms in total. The maximum absolute atomic E-state index is 11.6. The number of rotatable bonds is 6. The quantitative estimate of drug-likeness (QED) is 0.536. The molecule has 0 saturated heterocycles. The fourth-order valence-corrected chi connectivity index (χ4v) is 1.94. The van der Waals surface area contributed by atoms with Crippen molar-refractivity contribution in [2.75, 3.05) is 6.54 Å². The van der Waals surface area contributed by atoms with Gasteiger partial charge in [-0.1, -0.05) is 0 Å². The normalized spacial score (nSPS) is 21.1. The zero-order chi connectivity index (χ0) is 14.0. The molecule has 3 amide bonds. The fourth-order valence-electron chi connectivity index (χ4n) is 1.94. The van der Waals surface area contributed by atoms with Gasteiger partial charge < -0.3 is 21.1 Å². The van der Waals surface area contributed by atoms with Crippen molar-refractivity contribution in [3.63, 3.8) is 0 Å². The Hall–Kier alpha value is -1.79. The molecule has 4 N–H and O–H groups in total. The van der Waals surface area contributed by atoms with Crippen LogP contribution in [0.5, 0.6) is 0 Å². The van der Waals surface area contributed by atoms with Gasteiger partial charge in [0.25, 0.3) is 0 Å². The third kappa shape index (κ3) is 3.59. The van der Waals surface area contributed by atoms with Crippen molar-refractivity contribution >= 4 is 17.9 Å². The molecule has 2 saturated carbocycles. The van der Waals surface area contributed by atoms with Crippen molar-refractivity contribution in [3.8, 4) is 0 Å². The number of urea groups is 1. The summed E-state index contributed by atoms with van der Waals surface area (Å²) in [7, 11) is 0. The van der Waals surface area contributed by atoms with Gasteiger partial charge in [-0.05, 0) is 38.5 Å². The van der Waals surface area contributed by atoms with Gasteiger partial charge >= 0.3 is 12.0 Å². The van der Waals surface area contributed by atoms with Crippen LogP contribution in [0.15, 0.2) is 0 Å². The lowest BCUT2D eigenvalue weighted by Crippen LogP contribution is -2.57. The minimum absolute atomic E-state index is 0.0314. The molecule has 1 atom stereocenters. The summed E-state index contributed by atoms with van der Waals surface area (Å²) in [5, 5.41) is 16.7. The average Bonchev–Trinajstić information content (AvgIpc) is 3.17. The van der Waals surface area contributed by atoms with E-state index < -0.39 is 17.5 Å². The molecular weight excluding hydrogens is 250 g/mol. The molecule has 106 valence electrons. The number of hydrogen-bond acceptors (Lipinski definition) is 3. The number of carboxylic acids is 1. The molecule has 0 aromatic heterocycles. The monoisotopic (exact) mass is 269 g/mol. The van der Waals surface area contributed by atoms with Crippen molar-refractivity contribution < 1.29 is 19.5 Å². The molecule has 2 aliphatic rings. The van der Waals surface area contributed by atoms with Crippen LogP contribution in [-0.2, 0) is 9.59 Å². The molecule has 7 heteroatoms. The van der Waals surface area contributed by atoms with Crippen molar-refractivity contribution in [2.24, 2.45) is 5.92 Å². The zero-order valence-corrected chi connectivity index (χ0v) is 10.9. The van der Waals surface area contributed by atoms with Crippen LogP contribution in [0.1, 0.15) is 32.6 Å². The van der Waals surface area contributed by atoms with Crippen LogP contribution in [0.3, 0.4) is 0 Å². The van der Waals surface area contributed by atoms with E-state index in [-0.39, 0.29) is 24.4 Å². The minimum Gasteiger partial charge on any atom is -0.480 e. The first kappa shape index (κ1) is 13.6. The van der Waals surface area contributed by atoms with E-state index in [1.807, 2.05) is 0 Å². The van der Waals surface area contributed by atoms with Gasteiger partial charge in [0.05, 0.1) is 6.54 Å². The maximum atomic E-state index is 11.6. The van der Waals surface area contributed by atoms with Crippen molar-refractivity contribution in [2.45, 2.75) is 44.2 Å². The maximum Gasteiger partial charge on any atom is 0.329 e. The van der Waals surface area contributed by atoms with Crippen LogP contribution in [-0.4, -0.2) is 41.1 Å². The molecule has 2 fully saturated rings. The van der Waals surface area contributed by atoms with Gasteiger partial charge in [0.1, 0.15) is 5.54 Å². The summed E-state index contributed by atoms with van der Waals surface area (Å²) < 4.78 is 0. The van der Waals surface area contributed by atoms with E-state index in [4.69, 9.17) is 0 Å². The number of hydrogen-bond donors (Lipinski definition) is 4. The van der Waals surface area contributed by atoms with E-state index in [0.29, 0.717) is 0 Å². The van der Waals surface area contributed by atoms with E-state index in [1.165, 1.54) is 6.92 Å². The second-order valence-corrected chi connectivity index (χ2v) is 5.43. The van der Waals surface area contributed by atoms with E-state index >= 15 is 0 Å². The summed E-state index contributed by atoms with van der Waals surface area (Å²) in [6, 6.07) is -0.379. The first-order valence-corrected chi connectivity index (χ1v) is 6.50. The van der Waals surface area contributed by atoms with Gasteiger partial charge in [0, 0.05) is 6.04 Å². The van der Waals surface area contributed by atoms with Gasteiger partial charge in [-0.2, -0.15) is 0 Å². The van der Waals surface area contributed by atoms with Crippen LogP contribution in [0.25, 0.3) is 0 Å². The fraction of sp³-hybridized carbons (Fsp3) is 0.750. The predicted molar refractivity (Wildman–Crippen MR) is 66.5 cm³/mol. The van der Waals surface area contributed by atoms with Gasteiger partial charge in [0.2, 0.25) is 5.91 Å². The van der Waals surface area contributed by atoms with Crippen LogP contribution in [0, 0.1) is 5.92 Å². The Kier molecular flexibility index (Phi) is 3.64. The molecule has 0 spiro atoms. The number of aliphatic carboxylic acids is 1. The van der Waals surface area contributed by atoms with Crippen LogP contribution in [0.2, 0.25) is 0 Å². The minimum atomic E-state index is -1.25. The van der Waals surface area contributed by atoms with Gasteiger partial charge in [-0.3, -0.25) is 4.79 Å². The number of amides is 3. The van der Waals surface area contributed by atoms with Gasteiger partial charge in [0.15, 0.2) is 0 Å². The van der Waals surface area contributed by atoms with E-state index in [9.17, 15) is 19.5 Å². The zero-order valence-electron chi connectivity index (χ0n) is 10.9. The highest BCUT2D eigenvalue weighted by Crippen LogP contribution is 2.39. The Balaban J connectivity index is 1.75. The van der Waals surface area contributed by atoms with Crippen LogP contribution in [0.4, 0.5) is 4.79 Å². The molecule has 1 unspecified atom stereocenters. The van der Waals surface area contributed by atoms with E-state index in [2.05, 4.69) is 16.0 Å². The van der Waals surface area contributed by atoms with Crippen molar-refractivity contribution in [1.82, 2.24) is 16.0 Å². The third-order valence-electron chi connectivity index (χ3n) is 3.56. The summed E-state index contributed by atoms with van der Waals surface area (Å²) >= 11 is 0. The highest BCUT2D eigenvalue weighted by Gasteiger charge is 2.48. The van der Waals surface area contributed by atoms with Crippen molar-refractivity contribution in [3.05, 3.63) is 0 Å². The number of nitrogens with one attached hydrogen (secondary N) is 3. The highest BCUT2D eigenvalue weighted by molar-refractivity contribution is 5.89.